The van der Waals surface area contributed by atoms with Crippen molar-refractivity contribution in [3.05, 3.63) is 72.0 Å². The minimum atomic E-state index is -0.147. The fourth-order valence-electron chi connectivity index (χ4n) is 2.53. The van der Waals surface area contributed by atoms with Crippen molar-refractivity contribution < 1.29 is 14.3 Å². The zero-order chi connectivity index (χ0) is 21.3. The smallest absolute Gasteiger partial charge is 0.234 e. The van der Waals surface area contributed by atoms with E-state index in [9.17, 15) is 4.79 Å². The Morgan fingerprint density at radius 3 is 2.53 bits per heavy atom. The minimum absolute atomic E-state index is 0.147. The number of ether oxygens (including phenoxy) is 2. The molecular weight excluding hydrogens is 424 g/mol. The lowest BCUT2D eigenvalue weighted by Gasteiger charge is -2.10. The van der Waals surface area contributed by atoms with Crippen molar-refractivity contribution in [1.82, 2.24) is 14.8 Å². The lowest BCUT2D eigenvalue weighted by molar-refractivity contribution is -0.113. The predicted octanol–water partition coefficient (Wildman–Crippen LogP) is 4.44. The topological polar surface area (TPSA) is 78.3 Å². The standard InChI is InChI=1S/C21H21ClN4O3S/c1-3-12-26-19(13-29-18-10-8-17(28-2)9-11-18)24-25-21(26)30-14-20(27)23-16-6-4-15(22)5-7-16/h3-11H,1,12-14H2,2H3,(H,23,27). The number of thioether (sulfide) groups is 1. The van der Waals surface area contributed by atoms with Crippen LogP contribution in [-0.2, 0) is 17.9 Å². The van der Waals surface area contributed by atoms with Gasteiger partial charge in [-0.05, 0) is 48.5 Å². The molecule has 1 N–H and O–H groups in total. The van der Waals surface area contributed by atoms with E-state index >= 15 is 0 Å². The van der Waals surface area contributed by atoms with Gasteiger partial charge in [-0.3, -0.25) is 9.36 Å². The highest BCUT2D eigenvalue weighted by molar-refractivity contribution is 7.99. The third-order valence-electron chi connectivity index (χ3n) is 3.99. The average molecular weight is 445 g/mol. The second-order valence-electron chi connectivity index (χ2n) is 6.11. The molecule has 2 aromatic carbocycles. The van der Waals surface area contributed by atoms with E-state index in [2.05, 4.69) is 22.1 Å². The van der Waals surface area contributed by atoms with Gasteiger partial charge in [0, 0.05) is 17.3 Å². The molecule has 0 fully saturated rings. The van der Waals surface area contributed by atoms with Gasteiger partial charge in [0.05, 0.1) is 12.9 Å². The SMILES string of the molecule is C=CCn1c(COc2ccc(OC)cc2)nnc1SCC(=O)Nc1ccc(Cl)cc1. The maximum absolute atomic E-state index is 12.2. The molecular formula is C21H21ClN4O3S. The minimum Gasteiger partial charge on any atom is -0.497 e. The largest absolute Gasteiger partial charge is 0.497 e. The summed E-state index contributed by atoms with van der Waals surface area (Å²) >= 11 is 7.15. The van der Waals surface area contributed by atoms with Crippen molar-refractivity contribution in [2.75, 3.05) is 18.2 Å². The molecule has 0 radical (unpaired) electrons. The van der Waals surface area contributed by atoms with Crippen LogP contribution in [0, 0.1) is 0 Å². The summed E-state index contributed by atoms with van der Waals surface area (Å²) in [5.74, 6) is 2.14. The number of amides is 1. The molecule has 3 rings (SSSR count). The molecule has 1 aromatic heterocycles. The molecule has 30 heavy (non-hydrogen) atoms. The molecule has 0 saturated heterocycles. The molecule has 0 spiro atoms. The summed E-state index contributed by atoms with van der Waals surface area (Å²) in [7, 11) is 1.61. The van der Waals surface area contributed by atoms with Gasteiger partial charge in [-0.2, -0.15) is 0 Å². The molecule has 9 heteroatoms. The number of carbonyl (C=O) groups excluding carboxylic acids is 1. The Balaban J connectivity index is 1.59. The fourth-order valence-corrected chi connectivity index (χ4v) is 3.42. The molecule has 1 amide bonds. The van der Waals surface area contributed by atoms with Crippen LogP contribution in [0.1, 0.15) is 5.82 Å². The van der Waals surface area contributed by atoms with Crippen LogP contribution in [0.4, 0.5) is 5.69 Å². The highest BCUT2D eigenvalue weighted by Crippen LogP contribution is 2.21. The van der Waals surface area contributed by atoms with E-state index < -0.39 is 0 Å². The van der Waals surface area contributed by atoms with Gasteiger partial charge in [0.2, 0.25) is 5.91 Å². The molecule has 0 aliphatic heterocycles. The van der Waals surface area contributed by atoms with E-state index in [1.54, 1.807) is 37.5 Å². The Bertz CT molecular complexity index is 990. The number of rotatable bonds is 10. The Hall–Kier alpha value is -2.97. The lowest BCUT2D eigenvalue weighted by atomic mass is 10.3. The van der Waals surface area contributed by atoms with Gasteiger partial charge >= 0.3 is 0 Å². The Labute approximate surface area is 184 Å². The number of benzene rings is 2. The van der Waals surface area contributed by atoms with Crippen molar-refractivity contribution in [2.45, 2.75) is 18.3 Å². The van der Waals surface area contributed by atoms with Gasteiger partial charge in [-0.1, -0.05) is 29.4 Å². The molecule has 0 aliphatic carbocycles. The van der Waals surface area contributed by atoms with Gasteiger partial charge in [-0.15, -0.1) is 16.8 Å². The van der Waals surface area contributed by atoms with Crippen molar-refractivity contribution >= 4 is 35.0 Å². The van der Waals surface area contributed by atoms with E-state index in [0.717, 1.165) is 5.75 Å². The molecule has 7 nitrogen and oxygen atoms in total. The Morgan fingerprint density at radius 2 is 1.87 bits per heavy atom. The van der Waals surface area contributed by atoms with Gasteiger partial charge in [0.1, 0.15) is 18.1 Å². The normalized spacial score (nSPS) is 10.5. The number of nitrogens with zero attached hydrogens (tertiary/aromatic N) is 3. The van der Waals surface area contributed by atoms with Crippen LogP contribution < -0.4 is 14.8 Å². The number of aromatic nitrogens is 3. The van der Waals surface area contributed by atoms with Crippen molar-refractivity contribution in [2.24, 2.45) is 0 Å². The molecule has 0 unspecified atom stereocenters. The van der Waals surface area contributed by atoms with Crippen LogP contribution in [0.5, 0.6) is 11.5 Å². The highest BCUT2D eigenvalue weighted by Gasteiger charge is 2.14. The first-order chi connectivity index (χ1) is 14.6. The van der Waals surface area contributed by atoms with Crippen molar-refractivity contribution in [3.8, 4) is 11.5 Å². The maximum Gasteiger partial charge on any atom is 0.234 e. The van der Waals surface area contributed by atoms with Gasteiger partial charge < -0.3 is 14.8 Å². The number of anilines is 1. The van der Waals surface area contributed by atoms with E-state index in [1.165, 1.54) is 11.8 Å². The number of carbonyl (C=O) groups is 1. The van der Waals surface area contributed by atoms with Crippen LogP contribution in [0.15, 0.2) is 66.3 Å². The van der Waals surface area contributed by atoms with E-state index in [4.69, 9.17) is 21.1 Å². The highest BCUT2D eigenvalue weighted by atomic mass is 35.5. The molecule has 156 valence electrons. The summed E-state index contributed by atoms with van der Waals surface area (Å²) in [5.41, 5.74) is 0.686. The Morgan fingerprint density at radius 1 is 1.17 bits per heavy atom. The maximum atomic E-state index is 12.2. The molecule has 0 bridgehead atoms. The van der Waals surface area contributed by atoms with Crippen LogP contribution >= 0.6 is 23.4 Å². The number of hydrogen-bond acceptors (Lipinski definition) is 6. The first-order valence-corrected chi connectivity index (χ1v) is 10.4. The van der Waals surface area contributed by atoms with Crippen LogP contribution in [-0.4, -0.2) is 33.5 Å². The Kier molecular flexibility index (Phi) is 7.75. The first kappa shape index (κ1) is 21.7. The van der Waals surface area contributed by atoms with E-state index in [1.807, 2.05) is 28.8 Å². The number of allylic oxidation sites excluding steroid dienone is 1. The monoisotopic (exact) mass is 444 g/mol. The predicted molar refractivity (Wildman–Crippen MR) is 118 cm³/mol. The zero-order valence-electron chi connectivity index (χ0n) is 16.4. The van der Waals surface area contributed by atoms with Crippen LogP contribution in [0.25, 0.3) is 0 Å². The molecule has 3 aromatic rings. The van der Waals surface area contributed by atoms with E-state index in [0.29, 0.717) is 34.0 Å². The fraction of sp³-hybridized carbons (Fsp3) is 0.190. The number of methoxy groups -OCH3 is 1. The van der Waals surface area contributed by atoms with Crippen molar-refractivity contribution in [1.29, 1.82) is 0 Å². The molecule has 0 saturated carbocycles. The molecule has 0 atom stereocenters. The molecule has 1 heterocycles. The number of nitrogens with one attached hydrogen (secondary N) is 1. The second kappa shape index (κ2) is 10.7. The van der Waals surface area contributed by atoms with Gasteiger partial charge in [0.25, 0.3) is 0 Å². The summed E-state index contributed by atoms with van der Waals surface area (Å²) < 4.78 is 12.8. The second-order valence-corrected chi connectivity index (χ2v) is 7.48. The lowest BCUT2D eigenvalue weighted by Crippen LogP contribution is -2.15. The zero-order valence-corrected chi connectivity index (χ0v) is 17.9. The summed E-state index contributed by atoms with van der Waals surface area (Å²) in [6, 6.07) is 14.2. The summed E-state index contributed by atoms with van der Waals surface area (Å²) in [6.45, 7) is 4.53. The van der Waals surface area contributed by atoms with Crippen molar-refractivity contribution in [3.63, 3.8) is 0 Å². The number of hydrogen-bond donors (Lipinski definition) is 1. The first-order valence-electron chi connectivity index (χ1n) is 9.07. The van der Waals surface area contributed by atoms with Gasteiger partial charge in [-0.25, -0.2) is 0 Å². The van der Waals surface area contributed by atoms with Crippen LogP contribution in [0.2, 0.25) is 5.02 Å². The summed E-state index contributed by atoms with van der Waals surface area (Å²) in [4.78, 5) is 12.2. The average Bonchev–Trinajstić information content (AvgIpc) is 3.14. The number of halogens is 1. The third kappa shape index (κ3) is 6.01. The quantitative estimate of drug-likeness (QED) is 0.368. The summed E-state index contributed by atoms with van der Waals surface area (Å²) in [5, 5.41) is 12.5. The van der Waals surface area contributed by atoms with E-state index in [-0.39, 0.29) is 18.3 Å². The van der Waals surface area contributed by atoms with Crippen LogP contribution in [0.3, 0.4) is 0 Å². The third-order valence-corrected chi connectivity index (χ3v) is 5.21. The molecule has 0 aliphatic rings. The van der Waals surface area contributed by atoms with Gasteiger partial charge in [0.15, 0.2) is 11.0 Å². The summed E-state index contributed by atoms with van der Waals surface area (Å²) in [6.07, 6.45) is 1.75.